The number of rotatable bonds is 26. The molecule has 6 unspecified atom stereocenters. The van der Waals surface area contributed by atoms with Crippen LogP contribution in [0.4, 0.5) is 14.4 Å². The van der Waals surface area contributed by atoms with Gasteiger partial charge in [-0.05, 0) is 126 Å². The van der Waals surface area contributed by atoms with Crippen LogP contribution in [0.5, 0.6) is 17.2 Å². The summed E-state index contributed by atoms with van der Waals surface area (Å²) >= 11 is 8.45. The van der Waals surface area contributed by atoms with Crippen LogP contribution < -0.4 is 65.1 Å². The van der Waals surface area contributed by atoms with Crippen LogP contribution in [-0.4, -0.2) is 164 Å². The normalized spacial score (nSPS) is 17.9. The maximum atomic E-state index is 12.1. The summed E-state index contributed by atoms with van der Waals surface area (Å²) in [6.45, 7) is 11.8. The number of hydrogen-bond acceptors (Lipinski definition) is 24. The number of ketones is 1. The molecule has 10 amide bonds. The number of Topliss-reactive ketones (excluding diaryl/α,β-unsaturated/α-hetero) is 1. The molecule has 5 aliphatic heterocycles. The predicted octanol–water partition coefficient (Wildman–Crippen LogP) is 8.37. The summed E-state index contributed by atoms with van der Waals surface area (Å²) in [6.07, 6.45) is 14.3. The number of ether oxygens (including phenoxy) is 1. The summed E-state index contributed by atoms with van der Waals surface area (Å²) < 4.78 is 20.4. The molecule has 0 saturated carbocycles. The van der Waals surface area contributed by atoms with E-state index in [1.54, 1.807) is 64.1 Å². The fraction of sp³-hybridized carbons (Fsp3) is 0.405. The van der Waals surface area contributed by atoms with Crippen molar-refractivity contribution in [2.24, 2.45) is 5.73 Å². The van der Waals surface area contributed by atoms with Crippen molar-refractivity contribution < 1.29 is 95.6 Å². The van der Waals surface area contributed by atoms with Crippen molar-refractivity contribution in [3.05, 3.63) is 146 Å². The first kappa shape index (κ1) is 90.0. The molecular weight excluding hydrogens is 1730 g/mol. The van der Waals surface area contributed by atoms with Crippen molar-refractivity contribution in [3.63, 3.8) is 0 Å². The summed E-state index contributed by atoms with van der Waals surface area (Å²) in [7, 11) is 0.628. The Labute approximate surface area is 670 Å². The molecule has 8 heterocycles. The van der Waals surface area contributed by atoms with Crippen molar-refractivity contribution in [1.29, 1.82) is 0 Å². The molecule has 6 aromatic rings. The number of nitrogens with two attached hydrogens (primary N) is 1. The zero-order valence-electron chi connectivity index (χ0n) is 60.7. The number of imide groups is 1. The third-order valence-corrected chi connectivity index (χ3v) is 19.4. The second kappa shape index (κ2) is 46.1. The number of phenols is 3. The van der Waals surface area contributed by atoms with E-state index in [4.69, 9.17) is 28.6 Å². The quantitative estimate of drug-likeness (QED) is 0.00461. The van der Waals surface area contributed by atoms with E-state index in [0.29, 0.717) is 92.1 Å². The van der Waals surface area contributed by atoms with E-state index in [0.717, 1.165) is 43.6 Å². The Hall–Kier alpha value is -8.89. The Morgan fingerprint density at radius 2 is 0.945 bits per heavy atom. The second-order valence-corrected chi connectivity index (χ2v) is 40.0. The molecule has 5 fully saturated rings. The fourth-order valence-electron chi connectivity index (χ4n) is 11.2. The van der Waals surface area contributed by atoms with Gasteiger partial charge in [0, 0.05) is 139 Å². The predicted molar refractivity (Wildman–Crippen MR) is 430 cm³/mol. The standard InChI is InChI=1S/C25H29N3O6S.C19H22N2O6.C14H19N3O5S.C14H14N2O4.C2H5.2HI.V/c29-17(4-1-2-6-21-23-19(14-35-21)27-25(33)28-23)5-3-11-26-22(31)10-8-16-12-15-7-9-18(30)13-20(15)34-24(16)32;1-19(2,3)27-18(25)21-9-8-20-16(23)7-5-13-10-12-4-6-14(22)11-15(12)26-17(13)24;18-10-5-6-11(19)17(10)22-12(20)4-2-1-3-9-13-8(7-23-9)15-14(21)16-13;15-5-6-16-13(18)4-2-10-7-9-1-3-11(17)8-12(9)20-14(10)19;1-2;;;/h7-10,12-13,19,21,23,30H,1-6,11,14H2,(H,26,31)(H2,27,28,33);4-7,10-11,22H,8-9H2,1-3H3,(H,20,23)(H,21,25);8-9,13H,1-7H2,(H2,15,16,21);1-4,7-8,17H,5-6,15H2,(H,16,18);1H2,2H3;2*1H;/q;;;;-1;;;+2/p-2/b10-8+;7-5+;;4-2+;;;;. The van der Waals surface area contributed by atoms with E-state index >= 15 is 0 Å². The van der Waals surface area contributed by atoms with Gasteiger partial charge in [0.1, 0.15) is 45.4 Å². The first-order chi connectivity index (χ1) is 52.6. The van der Waals surface area contributed by atoms with E-state index in [-0.39, 0.29) is 131 Å². The molecule has 13 N–H and O–H groups in total. The molecule has 0 radical (unpaired) electrons. The zero-order valence-corrected chi connectivity index (χ0v) is 68.1. The van der Waals surface area contributed by atoms with E-state index in [1.165, 1.54) is 72.9 Å². The molecule has 593 valence electrons. The average Bonchev–Trinajstić information content (AvgIpc) is 1.39. The maximum absolute atomic E-state index is 12.1. The van der Waals surface area contributed by atoms with Gasteiger partial charge < -0.3 is 93.3 Å². The van der Waals surface area contributed by atoms with Crippen LogP contribution in [-0.2, 0) is 52.6 Å². The number of fused-ring (bicyclic) bond motifs is 5. The topological polar surface area (TPSA) is 466 Å². The number of aromatic hydroxyl groups is 3. The minimum absolute atomic E-state index is 0.000968. The number of halogens is 2. The number of phenolic OH excluding ortho intramolecular Hbond substituents is 3. The van der Waals surface area contributed by atoms with Crippen molar-refractivity contribution >= 4 is 174 Å². The monoisotopic (exact) mass is 1820 g/mol. The summed E-state index contributed by atoms with van der Waals surface area (Å²) in [6, 6.07) is 18.7. The van der Waals surface area contributed by atoms with Crippen molar-refractivity contribution in [3.8, 4) is 17.2 Å². The van der Waals surface area contributed by atoms with Gasteiger partial charge in [-0.1, -0.05) is 12.8 Å². The van der Waals surface area contributed by atoms with Crippen LogP contribution in [0.1, 0.15) is 121 Å². The number of thioether (sulfide) groups is 2. The Balaban J connectivity index is 0.000000229. The molecular formula is C74H89I2N10O21S2V-. The summed E-state index contributed by atoms with van der Waals surface area (Å²) in [5, 5.41) is 53.5. The molecule has 36 heteroatoms. The van der Waals surface area contributed by atoms with Gasteiger partial charge in [0.05, 0.1) is 40.9 Å². The molecule has 0 bridgehead atoms. The van der Waals surface area contributed by atoms with Crippen LogP contribution in [0, 0.1) is 6.92 Å². The minimum atomic E-state index is -0.622. The Kier molecular flexibility index (Phi) is 37.7. The number of amides is 10. The first-order valence-electron chi connectivity index (χ1n) is 35.0. The second-order valence-electron chi connectivity index (χ2n) is 25.7. The zero-order chi connectivity index (χ0) is 80.5. The molecule has 5 aliphatic rings. The van der Waals surface area contributed by atoms with Crippen LogP contribution >= 0.6 is 63.5 Å². The Morgan fingerprint density at radius 1 is 0.564 bits per heavy atom. The molecule has 11 rings (SSSR count). The van der Waals surface area contributed by atoms with Crippen LogP contribution in [0.25, 0.3) is 51.1 Å². The van der Waals surface area contributed by atoms with Crippen molar-refractivity contribution in [1.82, 2.24) is 47.6 Å². The van der Waals surface area contributed by atoms with Gasteiger partial charge >= 0.3 is 90.4 Å². The van der Waals surface area contributed by atoms with E-state index < -0.39 is 52.3 Å². The first-order valence-corrected chi connectivity index (χ1v) is 46.1. The van der Waals surface area contributed by atoms with Gasteiger partial charge in [0.25, 0.3) is 11.8 Å². The fourth-order valence-corrected chi connectivity index (χ4v) is 14.3. The number of carbonyl (C=O) groups is 10. The number of urea groups is 2. The molecule has 0 spiro atoms. The van der Waals surface area contributed by atoms with Crippen LogP contribution in [0.3, 0.4) is 0 Å². The number of carbonyl (C=O) groups excluding carboxylic acids is 10. The van der Waals surface area contributed by atoms with E-state index in [2.05, 4.69) is 89.4 Å². The van der Waals surface area contributed by atoms with E-state index in [1.807, 2.05) is 23.5 Å². The van der Waals surface area contributed by atoms with Crippen molar-refractivity contribution in [2.45, 2.75) is 145 Å². The number of unbranched alkanes of at least 4 members (excludes halogenated alkanes) is 2. The summed E-state index contributed by atoms with van der Waals surface area (Å²) in [4.78, 5) is 156. The van der Waals surface area contributed by atoms with Gasteiger partial charge in [-0.3, -0.25) is 28.8 Å². The number of benzene rings is 3. The number of hydroxylamine groups is 2. The molecule has 31 nitrogen and oxygen atoms in total. The van der Waals surface area contributed by atoms with E-state index in [9.17, 15) is 77.6 Å². The molecule has 5 saturated heterocycles. The van der Waals surface area contributed by atoms with Gasteiger partial charge in [-0.2, -0.15) is 30.4 Å². The molecule has 0 aliphatic carbocycles. The van der Waals surface area contributed by atoms with Gasteiger partial charge in [0.15, 0.2) is 0 Å². The van der Waals surface area contributed by atoms with Crippen molar-refractivity contribution in [2.75, 3.05) is 44.2 Å². The molecule has 6 atom stereocenters. The number of nitrogens with one attached hydrogen (secondary N) is 8. The number of nitrogens with zero attached hydrogens (tertiary/aromatic N) is 1. The Bertz CT molecular complexity index is 4500. The van der Waals surface area contributed by atoms with Crippen LogP contribution in [0.2, 0.25) is 0 Å². The molecule has 110 heavy (non-hydrogen) atoms. The summed E-state index contributed by atoms with van der Waals surface area (Å²) in [5.41, 5.74) is 4.38. The SMILES string of the molecule is CC(C)(C)OC(=O)NCCNC(=O)/C=C/c1cc2ccc(O)cc2oc1=O.NCCNC(=O)/C=C/c1cc2ccc(O)cc2oc1=O.O=C(CCCCC1SCC2NC(=O)NC21)CCCNC(=O)/C=C/c1cc2ccc(O)cc2oc1=O.O=C1NC2CSC(CCCCC(=O)ON3C(=O)CCC3=O)C2N1.[CH2-]C.[I][V][I]. The number of alkyl carbamates (subject to hydrolysis) is 1. The molecule has 3 aromatic heterocycles. The number of hydrogen-bond donors (Lipinski definition) is 12. The molecule has 3 aromatic carbocycles. The Morgan fingerprint density at radius 3 is 1.35 bits per heavy atom. The average molecular weight is 1820 g/mol. The third kappa shape index (κ3) is 30.4. The van der Waals surface area contributed by atoms with Gasteiger partial charge in [0.2, 0.25) is 17.7 Å². The summed E-state index contributed by atoms with van der Waals surface area (Å²) in [5.74, 6) is -0.536. The van der Waals surface area contributed by atoms with Crippen LogP contribution in [0.15, 0.2) is 119 Å². The third-order valence-electron chi connectivity index (χ3n) is 16.3. The van der Waals surface area contributed by atoms with Gasteiger partial charge in [-0.15, -0.1) is 5.06 Å². The van der Waals surface area contributed by atoms with Gasteiger partial charge in [-0.25, -0.2) is 33.6 Å².